The average Bonchev–Trinajstić information content (AvgIpc) is 2.37. The van der Waals surface area contributed by atoms with Gasteiger partial charge in [0.1, 0.15) is 0 Å². The first kappa shape index (κ1) is 13.2. The summed E-state index contributed by atoms with van der Waals surface area (Å²) in [6, 6.07) is 7.47. The van der Waals surface area contributed by atoms with Crippen LogP contribution in [-0.4, -0.2) is 11.8 Å². The molecule has 0 aliphatic rings. The summed E-state index contributed by atoms with van der Waals surface area (Å²) in [5.74, 6) is -0.0270. The second kappa shape index (κ2) is 6.68. The topological polar surface area (TPSA) is 58.2 Å². The Labute approximate surface area is 101 Å². The molecule has 17 heavy (non-hydrogen) atoms. The van der Waals surface area contributed by atoms with Crippen LogP contribution in [0.3, 0.4) is 0 Å². The molecule has 0 aromatic heterocycles. The highest BCUT2D eigenvalue weighted by molar-refractivity contribution is 5.91. The second-order valence-corrected chi connectivity index (χ2v) is 3.69. The Balaban J connectivity index is 2.70. The molecule has 0 heterocycles. The van der Waals surface area contributed by atoms with Crippen LogP contribution in [0.1, 0.15) is 32.3 Å². The molecule has 1 aromatic carbocycles. The van der Waals surface area contributed by atoms with Crippen LogP contribution in [0.5, 0.6) is 0 Å². The van der Waals surface area contributed by atoms with Gasteiger partial charge in [0.15, 0.2) is 0 Å². The number of carbonyl (C=O) groups excluding carboxylic acids is 2. The molecule has 0 radical (unpaired) electrons. The fraction of sp³-hybridized carbons (Fsp3) is 0.385. The summed E-state index contributed by atoms with van der Waals surface area (Å²) in [5.41, 5.74) is 1.67. The number of carbonyl (C=O) groups is 2. The number of anilines is 1. The van der Waals surface area contributed by atoms with E-state index >= 15 is 0 Å². The molecule has 4 nitrogen and oxygen atoms in total. The largest absolute Gasteiger partial charge is 0.352 e. The molecule has 0 aliphatic heterocycles. The van der Waals surface area contributed by atoms with E-state index in [1.165, 1.54) is 0 Å². The molecule has 0 bridgehead atoms. The Bertz CT molecular complexity index is 402. The monoisotopic (exact) mass is 234 g/mol. The molecule has 0 aliphatic carbocycles. The summed E-state index contributed by atoms with van der Waals surface area (Å²) in [6.07, 6.45) is 0.902. The highest BCUT2D eigenvalue weighted by atomic mass is 16.2. The van der Waals surface area contributed by atoms with Crippen LogP contribution in [0.2, 0.25) is 0 Å². The number of para-hydroxylation sites is 1. The van der Waals surface area contributed by atoms with Gasteiger partial charge in [0.25, 0.3) is 0 Å². The minimum atomic E-state index is -0.0285. The SMILES string of the molecule is CCC(=O)NCc1ccccc1NC(=O)CC. The minimum Gasteiger partial charge on any atom is -0.352 e. The van der Waals surface area contributed by atoms with Crippen molar-refractivity contribution in [3.63, 3.8) is 0 Å². The summed E-state index contributed by atoms with van der Waals surface area (Å²) >= 11 is 0. The van der Waals surface area contributed by atoms with Gasteiger partial charge in [-0.05, 0) is 11.6 Å². The molecule has 2 amide bonds. The van der Waals surface area contributed by atoms with Gasteiger partial charge in [-0.1, -0.05) is 32.0 Å². The molecule has 0 unspecified atom stereocenters. The average molecular weight is 234 g/mol. The summed E-state index contributed by atoms with van der Waals surface area (Å²) in [7, 11) is 0. The van der Waals surface area contributed by atoms with E-state index in [0.717, 1.165) is 11.3 Å². The van der Waals surface area contributed by atoms with Crippen LogP contribution in [0.15, 0.2) is 24.3 Å². The van der Waals surface area contributed by atoms with Crippen molar-refractivity contribution in [2.24, 2.45) is 0 Å². The number of amides is 2. The first-order valence-corrected chi connectivity index (χ1v) is 5.81. The van der Waals surface area contributed by atoms with Crippen molar-refractivity contribution < 1.29 is 9.59 Å². The van der Waals surface area contributed by atoms with Crippen LogP contribution in [0, 0.1) is 0 Å². The fourth-order valence-corrected chi connectivity index (χ4v) is 1.35. The van der Waals surface area contributed by atoms with E-state index < -0.39 is 0 Å². The van der Waals surface area contributed by atoms with Gasteiger partial charge < -0.3 is 10.6 Å². The van der Waals surface area contributed by atoms with Crippen LogP contribution in [-0.2, 0) is 16.1 Å². The maximum Gasteiger partial charge on any atom is 0.224 e. The zero-order valence-corrected chi connectivity index (χ0v) is 10.2. The van der Waals surface area contributed by atoms with Gasteiger partial charge in [-0.2, -0.15) is 0 Å². The molecular weight excluding hydrogens is 216 g/mol. The van der Waals surface area contributed by atoms with E-state index in [0.29, 0.717) is 19.4 Å². The van der Waals surface area contributed by atoms with Gasteiger partial charge >= 0.3 is 0 Å². The van der Waals surface area contributed by atoms with Crippen molar-refractivity contribution >= 4 is 17.5 Å². The van der Waals surface area contributed by atoms with E-state index in [9.17, 15) is 9.59 Å². The summed E-state index contributed by atoms with van der Waals surface area (Å²) in [6.45, 7) is 4.05. The highest BCUT2D eigenvalue weighted by Gasteiger charge is 2.05. The van der Waals surface area contributed by atoms with Crippen LogP contribution in [0.4, 0.5) is 5.69 Å². The lowest BCUT2D eigenvalue weighted by molar-refractivity contribution is -0.121. The third-order valence-electron chi connectivity index (χ3n) is 2.41. The molecule has 0 atom stereocenters. The Morgan fingerprint density at radius 3 is 2.35 bits per heavy atom. The first-order valence-electron chi connectivity index (χ1n) is 5.81. The predicted octanol–water partition coefficient (Wildman–Crippen LogP) is 2.06. The highest BCUT2D eigenvalue weighted by Crippen LogP contribution is 2.14. The maximum atomic E-state index is 11.3. The van der Waals surface area contributed by atoms with Gasteiger partial charge in [0, 0.05) is 25.1 Å². The molecular formula is C13H18N2O2. The van der Waals surface area contributed by atoms with Gasteiger partial charge in [0.2, 0.25) is 11.8 Å². The zero-order chi connectivity index (χ0) is 12.7. The fourth-order valence-electron chi connectivity index (χ4n) is 1.35. The number of rotatable bonds is 5. The Hall–Kier alpha value is -1.84. The quantitative estimate of drug-likeness (QED) is 0.819. The summed E-state index contributed by atoms with van der Waals surface area (Å²) in [4.78, 5) is 22.5. The van der Waals surface area contributed by atoms with Crippen LogP contribution < -0.4 is 10.6 Å². The van der Waals surface area contributed by atoms with E-state index in [-0.39, 0.29) is 11.8 Å². The Morgan fingerprint density at radius 2 is 1.71 bits per heavy atom. The number of hydrogen-bond acceptors (Lipinski definition) is 2. The van der Waals surface area contributed by atoms with Gasteiger partial charge in [-0.25, -0.2) is 0 Å². The van der Waals surface area contributed by atoms with Crippen molar-refractivity contribution in [3.05, 3.63) is 29.8 Å². The molecule has 0 fully saturated rings. The molecule has 0 saturated heterocycles. The Morgan fingerprint density at radius 1 is 1.06 bits per heavy atom. The van der Waals surface area contributed by atoms with E-state index in [1.807, 2.05) is 24.3 Å². The number of hydrogen-bond donors (Lipinski definition) is 2. The van der Waals surface area contributed by atoms with Crippen molar-refractivity contribution in [2.75, 3.05) is 5.32 Å². The van der Waals surface area contributed by atoms with E-state index in [1.54, 1.807) is 13.8 Å². The molecule has 2 N–H and O–H groups in total. The van der Waals surface area contributed by atoms with Gasteiger partial charge in [0.05, 0.1) is 0 Å². The Kier molecular flexibility index (Phi) is 5.20. The normalized spacial score (nSPS) is 9.76. The summed E-state index contributed by atoms with van der Waals surface area (Å²) in [5, 5.41) is 5.60. The van der Waals surface area contributed by atoms with E-state index in [2.05, 4.69) is 10.6 Å². The molecule has 1 aromatic rings. The molecule has 92 valence electrons. The molecule has 0 saturated carbocycles. The van der Waals surface area contributed by atoms with Crippen molar-refractivity contribution in [3.8, 4) is 0 Å². The van der Waals surface area contributed by atoms with Crippen LogP contribution in [0.25, 0.3) is 0 Å². The molecule has 1 rings (SSSR count). The summed E-state index contributed by atoms with van der Waals surface area (Å²) < 4.78 is 0. The molecule has 0 spiro atoms. The van der Waals surface area contributed by atoms with Crippen molar-refractivity contribution in [1.82, 2.24) is 5.32 Å². The lowest BCUT2D eigenvalue weighted by Crippen LogP contribution is -2.22. The third-order valence-corrected chi connectivity index (χ3v) is 2.41. The lowest BCUT2D eigenvalue weighted by atomic mass is 10.1. The van der Waals surface area contributed by atoms with Gasteiger partial charge in [-0.3, -0.25) is 9.59 Å². The number of benzene rings is 1. The van der Waals surface area contributed by atoms with Crippen molar-refractivity contribution in [1.29, 1.82) is 0 Å². The molecule has 4 heteroatoms. The predicted molar refractivity (Wildman–Crippen MR) is 67.5 cm³/mol. The maximum absolute atomic E-state index is 11.3. The lowest BCUT2D eigenvalue weighted by Gasteiger charge is -2.11. The number of nitrogens with one attached hydrogen (secondary N) is 2. The van der Waals surface area contributed by atoms with Crippen molar-refractivity contribution in [2.45, 2.75) is 33.2 Å². The smallest absolute Gasteiger partial charge is 0.224 e. The van der Waals surface area contributed by atoms with Crippen LogP contribution >= 0.6 is 0 Å². The van der Waals surface area contributed by atoms with Gasteiger partial charge in [-0.15, -0.1) is 0 Å². The standard InChI is InChI=1S/C13H18N2O2/c1-3-12(16)14-9-10-7-5-6-8-11(10)15-13(17)4-2/h5-8H,3-4,9H2,1-2H3,(H,14,16)(H,15,17). The second-order valence-electron chi connectivity index (χ2n) is 3.69. The third kappa shape index (κ3) is 4.26. The van der Waals surface area contributed by atoms with E-state index in [4.69, 9.17) is 0 Å². The minimum absolute atomic E-state index is 0.00150. The first-order chi connectivity index (χ1) is 8.17. The zero-order valence-electron chi connectivity index (χ0n) is 10.2.